The lowest BCUT2D eigenvalue weighted by Crippen LogP contribution is -2.22. The van der Waals surface area contributed by atoms with E-state index in [1.807, 2.05) is 32.9 Å². The molecule has 0 spiro atoms. The summed E-state index contributed by atoms with van der Waals surface area (Å²) < 4.78 is 1.67. The van der Waals surface area contributed by atoms with Crippen LogP contribution in [0.4, 0.5) is 5.69 Å². The maximum atomic E-state index is 11.8. The molecule has 0 N–H and O–H groups in total. The molecule has 0 aliphatic carbocycles. The Bertz CT molecular complexity index is 754. The molecule has 0 aliphatic heterocycles. The Labute approximate surface area is 126 Å². The molecule has 0 unspecified atom stereocenters. The number of aromatic nitrogens is 1. The Hall–Kier alpha value is -2.16. The standard InChI is InChI=1S/C18H22N2O/c1-6-15-8-7-9-16(11-15)19-13(3)18-12(2)10-17(21)20(5)14(18)4/h7-11H,6H2,1-5H3. The highest BCUT2D eigenvalue weighted by atomic mass is 16.1. The van der Waals surface area contributed by atoms with Crippen LogP contribution in [0.1, 0.15) is 36.2 Å². The minimum Gasteiger partial charge on any atom is -0.315 e. The first-order valence-electron chi connectivity index (χ1n) is 7.26. The first-order chi connectivity index (χ1) is 9.93. The molecule has 3 heteroatoms. The molecule has 110 valence electrons. The summed E-state index contributed by atoms with van der Waals surface area (Å²) in [6.07, 6.45) is 1.00. The topological polar surface area (TPSA) is 34.4 Å². The molecule has 0 aliphatic rings. The molecule has 3 nitrogen and oxygen atoms in total. The Kier molecular flexibility index (Phi) is 4.41. The third kappa shape index (κ3) is 3.13. The van der Waals surface area contributed by atoms with E-state index < -0.39 is 0 Å². The number of hydrogen-bond donors (Lipinski definition) is 0. The Balaban J connectivity index is 2.53. The minimum absolute atomic E-state index is 0.0227. The van der Waals surface area contributed by atoms with E-state index in [0.717, 1.165) is 34.6 Å². The van der Waals surface area contributed by atoms with Gasteiger partial charge < -0.3 is 4.57 Å². The second kappa shape index (κ2) is 6.08. The molecule has 0 saturated heterocycles. The first-order valence-corrected chi connectivity index (χ1v) is 7.26. The van der Waals surface area contributed by atoms with E-state index in [1.54, 1.807) is 17.7 Å². The summed E-state index contributed by atoms with van der Waals surface area (Å²) in [4.78, 5) is 16.5. The van der Waals surface area contributed by atoms with Crippen molar-refractivity contribution in [2.45, 2.75) is 34.1 Å². The maximum Gasteiger partial charge on any atom is 0.250 e. The first kappa shape index (κ1) is 15.2. The van der Waals surface area contributed by atoms with Gasteiger partial charge in [0.1, 0.15) is 0 Å². The van der Waals surface area contributed by atoms with Crippen LogP contribution in [0.15, 0.2) is 40.1 Å². The van der Waals surface area contributed by atoms with Crippen LogP contribution in [-0.2, 0) is 13.5 Å². The highest BCUT2D eigenvalue weighted by Gasteiger charge is 2.10. The second-order valence-electron chi connectivity index (χ2n) is 5.41. The van der Waals surface area contributed by atoms with Crippen molar-refractivity contribution < 1.29 is 0 Å². The molecule has 0 atom stereocenters. The van der Waals surface area contributed by atoms with Gasteiger partial charge in [-0.3, -0.25) is 9.79 Å². The highest BCUT2D eigenvalue weighted by molar-refractivity contribution is 6.02. The Morgan fingerprint density at radius 1 is 1.24 bits per heavy atom. The molecule has 21 heavy (non-hydrogen) atoms. The minimum atomic E-state index is 0.0227. The molecule has 1 aromatic carbocycles. The van der Waals surface area contributed by atoms with Gasteiger partial charge in [0.05, 0.1) is 5.69 Å². The van der Waals surface area contributed by atoms with E-state index in [0.29, 0.717) is 0 Å². The number of nitrogens with zero attached hydrogens (tertiary/aromatic N) is 2. The number of hydrogen-bond acceptors (Lipinski definition) is 2. The van der Waals surface area contributed by atoms with Crippen LogP contribution in [0.3, 0.4) is 0 Å². The summed E-state index contributed by atoms with van der Waals surface area (Å²) in [6, 6.07) is 9.93. The fourth-order valence-corrected chi connectivity index (χ4v) is 2.62. The van der Waals surface area contributed by atoms with Crippen LogP contribution in [0.2, 0.25) is 0 Å². The lowest BCUT2D eigenvalue weighted by molar-refractivity contribution is 0.811. The number of pyridine rings is 1. The molecule has 2 aromatic rings. The normalized spacial score (nSPS) is 11.8. The third-order valence-electron chi connectivity index (χ3n) is 3.91. The number of aryl methyl sites for hydroxylation is 2. The summed E-state index contributed by atoms with van der Waals surface area (Å²) in [7, 11) is 1.80. The fourth-order valence-electron chi connectivity index (χ4n) is 2.62. The molecular formula is C18H22N2O. The van der Waals surface area contributed by atoms with Crippen LogP contribution in [0.25, 0.3) is 0 Å². The van der Waals surface area contributed by atoms with Crippen molar-refractivity contribution in [3.8, 4) is 0 Å². The summed E-state index contributed by atoms with van der Waals surface area (Å²) in [5, 5.41) is 0. The third-order valence-corrected chi connectivity index (χ3v) is 3.91. The van der Waals surface area contributed by atoms with Crippen LogP contribution >= 0.6 is 0 Å². The maximum absolute atomic E-state index is 11.8. The summed E-state index contributed by atoms with van der Waals surface area (Å²) in [5.41, 5.74) is 6.18. The SMILES string of the molecule is CCc1cccc(N=C(C)c2c(C)cc(=O)n(C)c2C)c1. The average Bonchev–Trinajstić information content (AvgIpc) is 2.45. The van der Waals surface area contributed by atoms with E-state index in [9.17, 15) is 4.79 Å². The molecule has 1 aromatic heterocycles. The fraction of sp³-hybridized carbons (Fsp3) is 0.333. The molecule has 0 amide bonds. The van der Waals surface area contributed by atoms with Crippen molar-refractivity contribution in [3.05, 3.63) is 63.1 Å². The molecule has 1 heterocycles. The van der Waals surface area contributed by atoms with Crippen LogP contribution in [0.5, 0.6) is 0 Å². The Morgan fingerprint density at radius 2 is 1.95 bits per heavy atom. The molecule has 0 fully saturated rings. The van der Waals surface area contributed by atoms with Crippen LogP contribution in [0, 0.1) is 13.8 Å². The zero-order valence-electron chi connectivity index (χ0n) is 13.4. The molecule has 0 bridgehead atoms. The zero-order chi connectivity index (χ0) is 15.6. The lowest BCUT2D eigenvalue weighted by Gasteiger charge is -2.13. The lowest BCUT2D eigenvalue weighted by atomic mass is 10.0. The van der Waals surface area contributed by atoms with Gasteiger partial charge in [0.15, 0.2) is 0 Å². The second-order valence-corrected chi connectivity index (χ2v) is 5.41. The number of aliphatic imine (C=N–C) groups is 1. The molecule has 2 rings (SSSR count). The van der Waals surface area contributed by atoms with Gasteiger partial charge in [-0.15, -0.1) is 0 Å². The average molecular weight is 282 g/mol. The zero-order valence-corrected chi connectivity index (χ0v) is 13.4. The largest absolute Gasteiger partial charge is 0.315 e. The van der Waals surface area contributed by atoms with Crippen molar-refractivity contribution in [1.82, 2.24) is 4.57 Å². The highest BCUT2D eigenvalue weighted by Crippen LogP contribution is 2.19. The predicted octanol–water partition coefficient (Wildman–Crippen LogP) is 3.71. The van der Waals surface area contributed by atoms with E-state index in [1.165, 1.54) is 5.56 Å². The van der Waals surface area contributed by atoms with Gasteiger partial charge in [0.2, 0.25) is 0 Å². The van der Waals surface area contributed by atoms with E-state index in [2.05, 4.69) is 19.1 Å². The number of benzene rings is 1. The van der Waals surface area contributed by atoms with Gasteiger partial charge >= 0.3 is 0 Å². The smallest absolute Gasteiger partial charge is 0.250 e. The van der Waals surface area contributed by atoms with Crippen molar-refractivity contribution in [3.63, 3.8) is 0 Å². The monoisotopic (exact) mass is 282 g/mol. The van der Waals surface area contributed by atoms with Crippen molar-refractivity contribution in [2.75, 3.05) is 0 Å². The van der Waals surface area contributed by atoms with Crippen molar-refractivity contribution in [2.24, 2.45) is 12.0 Å². The van der Waals surface area contributed by atoms with Gasteiger partial charge in [0, 0.05) is 30.1 Å². The summed E-state index contributed by atoms with van der Waals surface area (Å²) in [5.74, 6) is 0. The summed E-state index contributed by atoms with van der Waals surface area (Å²) >= 11 is 0. The van der Waals surface area contributed by atoms with Gasteiger partial charge in [-0.25, -0.2) is 0 Å². The predicted molar refractivity (Wildman–Crippen MR) is 88.8 cm³/mol. The van der Waals surface area contributed by atoms with E-state index >= 15 is 0 Å². The van der Waals surface area contributed by atoms with Gasteiger partial charge in [0.25, 0.3) is 5.56 Å². The molecular weight excluding hydrogens is 260 g/mol. The summed E-state index contributed by atoms with van der Waals surface area (Å²) in [6.45, 7) is 8.06. The Morgan fingerprint density at radius 3 is 2.62 bits per heavy atom. The van der Waals surface area contributed by atoms with E-state index in [4.69, 9.17) is 4.99 Å². The van der Waals surface area contributed by atoms with Crippen LogP contribution in [-0.4, -0.2) is 10.3 Å². The van der Waals surface area contributed by atoms with Crippen molar-refractivity contribution >= 4 is 11.4 Å². The van der Waals surface area contributed by atoms with Crippen LogP contribution < -0.4 is 5.56 Å². The number of rotatable bonds is 3. The van der Waals surface area contributed by atoms with Gasteiger partial charge in [-0.05, 0) is 50.5 Å². The van der Waals surface area contributed by atoms with Gasteiger partial charge in [-0.2, -0.15) is 0 Å². The molecule has 0 saturated carbocycles. The van der Waals surface area contributed by atoms with Gasteiger partial charge in [-0.1, -0.05) is 19.1 Å². The van der Waals surface area contributed by atoms with E-state index in [-0.39, 0.29) is 5.56 Å². The quantitative estimate of drug-likeness (QED) is 0.790. The van der Waals surface area contributed by atoms with Crippen molar-refractivity contribution in [1.29, 1.82) is 0 Å². The molecule has 0 radical (unpaired) electrons.